The molecule has 0 atom stereocenters. The van der Waals surface area contributed by atoms with E-state index in [-0.39, 0.29) is 5.91 Å². The molecule has 0 aliphatic carbocycles. The van der Waals surface area contributed by atoms with Crippen molar-refractivity contribution in [3.8, 4) is 0 Å². The summed E-state index contributed by atoms with van der Waals surface area (Å²) in [7, 11) is 4.09. The van der Waals surface area contributed by atoms with Crippen LogP contribution in [-0.4, -0.2) is 56.0 Å². The molecule has 0 rings (SSSR count). The minimum atomic E-state index is -0.128. The normalized spacial score (nSPS) is 11.0. The molecule has 5 nitrogen and oxygen atoms in total. The molecule has 0 fully saturated rings. The predicted molar refractivity (Wildman–Crippen MR) is 57.6 cm³/mol. The minimum absolute atomic E-state index is 0.128. The van der Waals surface area contributed by atoms with Crippen molar-refractivity contribution in [1.29, 1.82) is 0 Å². The maximum atomic E-state index is 11.0. The van der Waals surface area contributed by atoms with Crippen LogP contribution in [0.15, 0.2) is 0 Å². The third-order valence-electron chi connectivity index (χ3n) is 2.06. The van der Waals surface area contributed by atoms with Crippen LogP contribution in [0, 0.1) is 0 Å². The van der Waals surface area contributed by atoms with Crippen molar-refractivity contribution in [1.82, 2.24) is 15.2 Å². The van der Waals surface area contributed by atoms with E-state index in [1.807, 2.05) is 21.0 Å². The third-order valence-corrected chi connectivity index (χ3v) is 2.06. The second-order valence-corrected chi connectivity index (χ2v) is 3.59. The molecule has 84 valence electrons. The van der Waals surface area contributed by atoms with E-state index in [0.717, 1.165) is 26.1 Å². The van der Waals surface area contributed by atoms with Gasteiger partial charge in [0, 0.05) is 0 Å². The van der Waals surface area contributed by atoms with Crippen LogP contribution in [0.3, 0.4) is 0 Å². The number of carbonyl (C=O) groups is 1. The Morgan fingerprint density at radius 1 is 1.36 bits per heavy atom. The Morgan fingerprint density at radius 3 is 2.43 bits per heavy atom. The number of hydrazine groups is 1. The van der Waals surface area contributed by atoms with Gasteiger partial charge in [0.1, 0.15) is 0 Å². The van der Waals surface area contributed by atoms with Gasteiger partial charge in [0.05, 0.1) is 6.54 Å². The number of rotatable bonds is 7. The van der Waals surface area contributed by atoms with Crippen LogP contribution in [0.2, 0.25) is 0 Å². The largest absolute Gasteiger partial charge is 0.309 e. The number of hydrogen-bond acceptors (Lipinski definition) is 4. The summed E-state index contributed by atoms with van der Waals surface area (Å²) in [6.07, 6.45) is 1.07. The zero-order valence-electron chi connectivity index (χ0n) is 9.42. The molecule has 0 radical (unpaired) electrons. The molecule has 1 amide bonds. The molecule has 0 spiro atoms. The lowest BCUT2D eigenvalue weighted by molar-refractivity contribution is -0.122. The first-order valence-electron chi connectivity index (χ1n) is 4.96. The Labute approximate surface area is 86.2 Å². The van der Waals surface area contributed by atoms with Gasteiger partial charge in [-0.2, -0.15) is 0 Å². The van der Waals surface area contributed by atoms with Crippen molar-refractivity contribution in [3.05, 3.63) is 0 Å². The summed E-state index contributed by atoms with van der Waals surface area (Å²) in [4.78, 5) is 15.2. The summed E-state index contributed by atoms with van der Waals surface area (Å²) >= 11 is 0. The van der Waals surface area contributed by atoms with Crippen LogP contribution in [0.1, 0.15) is 13.3 Å². The summed E-state index contributed by atoms with van der Waals surface area (Å²) in [6, 6.07) is 0. The van der Waals surface area contributed by atoms with Gasteiger partial charge in [-0.1, -0.05) is 6.92 Å². The summed E-state index contributed by atoms with van der Waals surface area (Å²) in [6.45, 7) is 5.28. The van der Waals surface area contributed by atoms with E-state index in [1.54, 1.807) is 0 Å². The monoisotopic (exact) mass is 202 g/mol. The van der Waals surface area contributed by atoms with E-state index in [1.165, 1.54) is 0 Å². The molecule has 0 bridgehead atoms. The lowest BCUT2D eigenvalue weighted by Crippen LogP contribution is -2.41. The zero-order valence-corrected chi connectivity index (χ0v) is 9.42. The lowest BCUT2D eigenvalue weighted by Gasteiger charge is -2.20. The molecule has 14 heavy (non-hydrogen) atoms. The molecule has 0 aromatic heterocycles. The van der Waals surface area contributed by atoms with Crippen molar-refractivity contribution >= 4 is 5.91 Å². The average Bonchev–Trinajstić information content (AvgIpc) is 2.15. The van der Waals surface area contributed by atoms with Gasteiger partial charge in [-0.25, -0.2) is 5.84 Å². The second-order valence-electron chi connectivity index (χ2n) is 3.59. The zero-order chi connectivity index (χ0) is 11.0. The Hall–Kier alpha value is -0.650. The van der Waals surface area contributed by atoms with E-state index in [2.05, 4.69) is 15.2 Å². The van der Waals surface area contributed by atoms with Gasteiger partial charge in [0.2, 0.25) is 5.91 Å². The van der Waals surface area contributed by atoms with E-state index in [4.69, 9.17) is 5.84 Å². The first-order valence-corrected chi connectivity index (χ1v) is 4.96. The highest BCUT2D eigenvalue weighted by molar-refractivity contribution is 5.77. The first-order chi connectivity index (χ1) is 6.60. The maximum Gasteiger partial charge on any atom is 0.248 e. The highest BCUT2D eigenvalue weighted by Gasteiger charge is 2.06. The molecule has 3 N–H and O–H groups in total. The Morgan fingerprint density at radius 2 is 2.00 bits per heavy atom. The number of carbonyl (C=O) groups excluding carboxylic acids is 1. The van der Waals surface area contributed by atoms with Crippen LogP contribution in [-0.2, 0) is 4.79 Å². The molecule has 0 aliphatic heterocycles. The van der Waals surface area contributed by atoms with Gasteiger partial charge >= 0.3 is 0 Å². The van der Waals surface area contributed by atoms with Gasteiger partial charge in [0.15, 0.2) is 0 Å². The quantitative estimate of drug-likeness (QED) is 0.324. The van der Waals surface area contributed by atoms with Crippen LogP contribution in [0.5, 0.6) is 0 Å². The Kier molecular flexibility index (Phi) is 7.37. The predicted octanol–water partition coefficient (Wildman–Crippen LogP) is -0.750. The fourth-order valence-electron chi connectivity index (χ4n) is 1.21. The molecule has 0 aromatic rings. The minimum Gasteiger partial charge on any atom is -0.309 e. The Balaban J connectivity index is 3.63. The first kappa shape index (κ1) is 13.4. The highest BCUT2D eigenvalue weighted by Crippen LogP contribution is 1.92. The molecule has 0 aromatic carbocycles. The summed E-state index contributed by atoms with van der Waals surface area (Å²) in [5.74, 6) is 4.89. The van der Waals surface area contributed by atoms with E-state index >= 15 is 0 Å². The third kappa shape index (κ3) is 6.82. The SMILES string of the molecule is CCN(CCCN(C)C)CC(=O)NN. The number of hydrogen-bond donors (Lipinski definition) is 2. The summed E-state index contributed by atoms with van der Waals surface area (Å²) < 4.78 is 0. The number of likely N-dealkylation sites (N-methyl/N-ethyl adjacent to an activating group) is 1. The fourth-order valence-corrected chi connectivity index (χ4v) is 1.21. The second kappa shape index (κ2) is 7.73. The van der Waals surface area contributed by atoms with Gasteiger partial charge in [-0.05, 0) is 40.2 Å². The van der Waals surface area contributed by atoms with Crippen LogP contribution >= 0.6 is 0 Å². The van der Waals surface area contributed by atoms with Gasteiger partial charge in [-0.15, -0.1) is 0 Å². The van der Waals surface area contributed by atoms with Crippen molar-refractivity contribution in [2.45, 2.75) is 13.3 Å². The summed E-state index contributed by atoms with van der Waals surface area (Å²) in [5, 5.41) is 0. The van der Waals surface area contributed by atoms with Crippen LogP contribution < -0.4 is 11.3 Å². The molecule has 0 saturated heterocycles. The number of nitrogens with zero attached hydrogens (tertiary/aromatic N) is 2. The van der Waals surface area contributed by atoms with Crippen molar-refractivity contribution in [3.63, 3.8) is 0 Å². The number of amides is 1. The molecule has 0 unspecified atom stereocenters. The van der Waals surface area contributed by atoms with Gasteiger partial charge in [0.25, 0.3) is 0 Å². The van der Waals surface area contributed by atoms with E-state index < -0.39 is 0 Å². The average molecular weight is 202 g/mol. The molecular weight excluding hydrogens is 180 g/mol. The lowest BCUT2D eigenvalue weighted by atomic mass is 10.3. The van der Waals surface area contributed by atoms with Crippen molar-refractivity contribution in [2.24, 2.45) is 5.84 Å². The topological polar surface area (TPSA) is 61.6 Å². The van der Waals surface area contributed by atoms with Gasteiger partial charge in [-0.3, -0.25) is 15.1 Å². The smallest absolute Gasteiger partial charge is 0.248 e. The van der Waals surface area contributed by atoms with Crippen molar-refractivity contribution < 1.29 is 4.79 Å². The van der Waals surface area contributed by atoms with E-state index in [9.17, 15) is 4.79 Å². The van der Waals surface area contributed by atoms with Crippen molar-refractivity contribution in [2.75, 3.05) is 40.3 Å². The fraction of sp³-hybridized carbons (Fsp3) is 0.889. The van der Waals surface area contributed by atoms with Crippen LogP contribution in [0.25, 0.3) is 0 Å². The summed E-state index contributed by atoms with van der Waals surface area (Å²) in [5.41, 5.74) is 2.14. The highest BCUT2D eigenvalue weighted by atomic mass is 16.2. The maximum absolute atomic E-state index is 11.0. The number of nitrogens with two attached hydrogens (primary N) is 1. The molecule has 5 heteroatoms. The van der Waals surface area contributed by atoms with Gasteiger partial charge < -0.3 is 4.90 Å². The molecular formula is C9H22N4O. The van der Waals surface area contributed by atoms with Crippen LogP contribution in [0.4, 0.5) is 0 Å². The standard InChI is InChI=1S/C9H22N4O/c1-4-13(8-9(14)11-10)7-5-6-12(2)3/h4-8,10H2,1-3H3,(H,11,14). The Bertz CT molecular complexity index is 161. The molecule has 0 aliphatic rings. The number of nitrogens with one attached hydrogen (secondary N) is 1. The molecule has 0 saturated carbocycles. The van der Waals surface area contributed by atoms with E-state index in [0.29, 0.717) is 6.54 Å². The molecule has 0 heterocycles.